The third-order valence-corrected chi connectivity index (χ3v) is 2.00. The summed E-state index contributed by atoms with van der Waals surface area (Å²) in [5.74, 6) is 0.648. The summed E-state index contributed by atoms with van der Waals surface area (Å²) >= 11 is -0.675. The number of aromatic nitrogens is 1. The number of nitrogens with zero attached hydrogens (tertiary/aromatic N) is 1. The number of hydrogen-bond acceptors (Lipinski definition) is 4. The van der Waals surface area contributed by atoms with Gasteiger partial charge in [-0.05, 0) is 0 Å². The zero-order valence-corrected chi connectivity index (χ0v) is 8.11. The molecule has 62 valence electrons. The van der Waals surface area contributed by atoms with E-state index in [9.17, 15) is 0 Å². The molecule has 1 heterocycles. The molecule has 0 aliphatic rings. The van der Waals surface area contributed by atoms with E-state index >= 15 is 0 Å². The van der Waals surface area contributed by atoms with Crippen molar-refractivity contribution in [3.63, 3.8) is 0 Å². The summed E-state index contributed by atoms with van der Waals surface area (Å²) in [5.41, 5.74) is 6.08. The van der Waals surface area contributed by atoms with Gasteiger partial charge >= 0.3 is 75.9 Å². The van der Waals surface area contributed by atoms with Gasteiger partial charge in [0.05, 0.1) is 0 Å². The maximum atomic E-state index is 5.54. The summed E-state index contributed by atoms with van der Waals surface area (Å²) in [6, 6.07) is 1.72. The number of nitrogens with two attached hydrogens (primary N) is 1. The SMILES string of the molecule is CO[I-]Oc1ccncc1N. The van der Waals surface area contributed by atoms with E-state index in [4.69, 9.17) is 11.9 Å². The summed E-state index contributed by atoms with van der Waals surface area (Å²) in [4.78, 5) is 3.82. The molecule has 0 aliphatic heterocycles. The van der Waals surface area contributed by atoms with E-state index in [0.29, 0.717) is 11.4 Å². The van der Waals surface area contributed by atoms with Crippen molar-refractivity contribution in [2.45, 2.75) is 0 Å². The van der Waals surface area contributed by atoms with Crippen molar-refractivity contribution in [3.8, 4) is 5.75 Å². The van der Waals surface area contributed by atoms with Crippen molar-refractivity contribution in [2.24, 2.45) is 0 Å². The van der Waals surface area contributed by atoms with E-state index in [1.807, 2.05) is 0 Å². The van der Waals surface area contributed by atoms with Crippen LogP contribution in [-0.2, 0) is 3.07 Å². The molecule has 1 rings (SSSR count). The number of pyridine rings is 1. The van der Waals surface area contributed by atoms with Gasteiger partial charge in [0, 0.05) is 0 Å². The number of rotatable bonds is 3. The molecule has 0 saturated heterocycles. The zero-order chi connectivity index (χ0) is 8.10. The second-order valence-electron chi connectivity index (χ2n) is 1.71. The maximum absolute atomic E-state index is 5.54. The summed E-state index contributed by atoms with van der Waals surface area (Å²) in [6.45, 7) is 0. The van der Waals surface area contributed by atoms with E-state index in [1.54, 1.807) is 25.6 Å². The number of halogens is 1. The molecule has 0 amide bonds. The molecule has 0 unspecified atom stereocenters. The van der Waals surface area contributed by atoms with Crippen molar-refractivity contribution in [3.05, 3.63) is 18.5 Å². The molecule has 2 N–H and O–H groups in total. The van der Waals surface area contributed by atoms with Crippen LogP contribution in [0.15, 0.2) is 18.5 Å². The van der Waals surface area contributed by atoms with Gasteiger partial charge in [0.15, 0.2) is 0 Å². The first-order chi connectivity index (χ1) is 5.34. The van der Waals surface area contributed by atoms with Crippen LogP contribution in [0.5, 0.6) is 5.75 Å². The van der Waals surface area contributed by atoms with Gasteiger partial charge in [-0.2, -0.15) is 0 Å². The van der Waals surface area contributed by atoms with E-state index in [0.717, 1.165) is 0 Å². The molecule has 0 radical (unpaired) electrons. The quantitative estimate of drug-likeness (QED) is 0.621. The van der Waals surface area contributed by atoms with Gasteiger partial charge in [-0.15, -0.1) is 0 Å². The minimum absolute atomic E-state index is 0.546. The fourth-order valence-corrected chi connectivity index (χ4v) is 1.30. The molecule has 11 heavy (non-hydrogen) atoms. The number of hydrogen-bond donors (Lipinski definition) is 1. The van der Waals surface area contributed by atoms with Crippen LogP contribution >= 0.6 is 0 Å². The van der Waals surface area contributed by atoms with Gasteiger partial charge in [-0.3, -0.25) is 0 Å². The molecule has 0 aromatic carbocycles. The van der Waals surface area contributed by atoms with Crippen molar-refractivity contribution in [1.29, 1.82) is 0 Å². The Balaban J connectivity index is 2.62. The van der Waals surface area contributed by atoms with Gasteiger partial charge in [-0.1, -0.05) is 0 Å². The van der Waals surface area contributed by atoms with Crippen LogP contribution in [0.25, 0.3) is 0 Å². The van der Waals surface area contributed by atoms with Crippen LogP contribution in [0.4, 0.5) is 5.69 Å². The molecule has 0 fully saturated rings. The molecule has 5 heteroatoms. The Hall–Kier alpha value is -0.560. The summed E-state index contributed by atoms with van der Waals surface area (Å²) in [7, 11) is 1.60. The van der Waals surface area contributed by atoms with Gasteiger partial charge in [0.2, 0.25) is 0 Å². The Kier molecular flexibility index (Phi) is 3.37. The standard InChI is InChI=1S/C6H8IN2O2/c1-10-7-11-6-2-3-9-4-5(6)8/h2-4H,8H2,1H3/q-1. The fraction of sp³-hybridized carbons (Fsp3) is 0.167. The minimum atomic E-state index is -0.675. The topological polar surface area (TPSA) is 57.4 Å². The van der Waals surface area contributed by atoms with Crippen LogP contribution < -0.4 is 30.8 Å². The molecular weight excluding hydrogens is 259 g/mol. The van der Waals surface area contributed by atoms with Gasteiger partial charge in [0.25, 0.3) is 0 Å². The first kappa shape index (κ1) is 8.54. The summed E-state index contributed by atoms with van der Waals surface area (Å²) in [6.07, 6.45) is 3.18. The average molecular weight is 267 g/mol. The Bertz CT molecular complexity index is 232. The first-order valence-corrected chi connectivity index (χ1v) is 4.65. The molecule has 0 spiro atoms. The van der Waals surface area contributed by atoms with Crippen LogP contribution in [0.2, 0.25) is 0 Å². The van der Waals surface area contributed by atoms with E-state index in [-0.39, 0.29) is 0 Å². The van der Waals surface area contributed by atoms with Crippen LogP contribution in [0, 0.1) is 0 Å². The second kappa shape index (κ2) is 4.35. The normalized spacial score (nSPS) is 9.91. The van der Waals surface area contributed by atoms with E-state index in [1.165, 1.54) is 0 Å². The Labute approximate surface area is 76.1 Å². The van der Waals surface area contributed by atoms with E-state index < -0.39 is 22.0 Å². The predicted molar refractivity (Wildman–Crippen MR) is 36.3 cm³/mol. The Morgan fingerprint density at radius 1 is 1.64 bits per heavy atom. The van der Waals surface area contributed by atoms with Crippen LogP contribution in [0.1, 0.15) is 0 Å². The second-order valence-corrected chi connectivity index (χ2v) is 3.39. The molecule has 1 aromatic rings. The Morgan fingerprint density at radius 3 is 3.09 bits per heavy atom. The molecule has 4 nitrogen and oxygen atoms in total. The third kappa shape index (κ3) is 2.51. The number of anilines is 1. The molecule has 0 bridgehead atoms. The van der Waals surface area contributed by atoms with Crippen LogP contribution in [-0.4, -0.2) is 12.1 Å². The predicted octanol–water partition coefficient (Wildman–Crippen LogP) is -2.39. The van der Waals surface area contributed by atoms with Gasteiger partial charge in [0.1, 0.15) is 0 Å². The average Bonchev–Trinajstić information content (AvgIpc) is 2.03. The third-order valence-electron chi connectivity index (χ3n) is 0.988. The molecular formula is C6H8IN2O2-. The molecule has 1 aromatic heterocycles. The monoisotopic (exact) mass is 267 g/mol. The molecule has 0 aliphatic carbocycles. The number of nitrogen functional groups attached to an aromatic ring is 1. The fourth-order valence-electron chi connectivity index (χ4n) is 0.530. The van der Waals surface area contributed by atoms with Gasteiger partial charge < -0.3 is 0 Å². The Morgan fingerprint density at radius 2 is 2.45 bits per heavy atom. The first-order valence-electron chi connectivity index (χ1n) is 2.89. The van der Waals surface area contributed by atoms with Gasteiger partial charge in [-0.25, -0.2) is 0 Å². The van der Waals surface area contributed by atoms with Crippen molar-refractivity contribution >= 4 is 5.69 Å². The van der Waals surface area contributed by atoms with E-state index in [2.05, 4.69) is 4.98 Å². The molecule has 0 saturated carbocycles. The van der Waals surface area contributed by atoms with Crippen molar-refractivity contribution < 1.29 is 28.2 Å². The van der Waals surface area contributed by atoms with Crippen molar-refractivity contribution in [2.75, 3.05) is 12.8 Å². The summed E-state index contributed by atoms with van der Waals surface area (Å²) < 4.78 is 10.0. The molecule has 0 atom stereocenters. The van der Waals surface area contributed by atoms with Crippen LogP contribution in [0.3, 0.4) is 0 Å². The summed E-state index contributed by atoms with van der Waals surface area (Å²) in [5, 5.41) is 0. The van der Waals surface area contributed by atoms with Crippen molar-refractivity contribution in [1.82, 2.24) is 4.98 Å². The zero-order valence-electron chi connectivity index (χ0n) is 5.95.